The van der Waals surface area contributed by atoms with Gasteiger partial charge in [0.25, 0.3) is 0 Å². The average molecular weight is 273 g/mol. The molecular formula is C17H17F2N. The Balaban J connectivity index is 1.96. The Labute approximate surface area is 117 Å². The van der Waals surface area contributed by atoms with Gasteiger partial charge in [0, 0.05) is 18.5 Å². The molecule has 0 radical (unpaired) electrons. The molecule has 0 aliphatic carbocycles. The van der Waals surface area contributed by atoms with Crippen molar-refractivity contribution < 1.29 is 8.78 Å². The second-order valence-electron chi connectivity index (χ2n) is 5.64. The highest BCUT2D eigenvalue weighted by atomic mass is 19.1. The number of halogens is 2. The summed E-state index contributed by atoms with van der Waals surface area (Å²) in [6, 6.07) is 11.6. The Bertz CT molecular complexity index is 633. The van der Waals surface area contributed by atoms with Crippen LogP contribution in [0.3, 0.4) is 0 Å². The van der Waals surface area contributed by atoms with E-state index in [1.807, 2.05) is 13.0 Å². The predicted molar refractivity (Wildman–Crippen MR) is 75.8 cm³/mol. The standard InChI is InChI=1S/C17H17F2N/c1-12-5-6-16(19)7-13(12)9-17(10-20-11-17)14-3-2-4-15(18)8-14/h2-8,20H,9-11H2,1H3. The Kier molecular flexibility index (Phi) is 3.30. The Morgan fingerprint density at radius 3 is 2.45 bits per heavy atom. The quantitative estimate of drug-likeness (QED) is 0.904. The van der Waals surface area contributed by atoms with Gasteiger partial charge in [-0.05, 0) is 54.3 Å². The fourth-order valence-corrected chi connectivity index (χ4v) is 2.87. The Hall–Kier alpha value is -1.74. The normalized spacial score (nSPS) is 16.8. The molecule has 1 N–H and O–H groups in total. The summed E-state index contributed by atoms with van der Waals surface area (Å²) in [7, 11) is 0. The van der Waals surface area contributed by atoms with Crippen LogP contribution in [-0.4, -0.2) is 13.1 Å². The summed E-state index contributed by atoms with van der Waals surface area (Å²) < 4.78 is 26.9. The van der Waals surface area contributed by atoms with Crippen molar-refractivity contribution in [3.8, 4) is 0 Å². The molecule has 0 atom stereocenters. The zero-order valence-corrected chi connectivity index (χ0v) is 11.4. The first-order chi connectivity index (χ1) is 9.59. The molecule has 3 heteroatoms. The van der Waals surface area contributed by atoms with Crippen LogP contribution < -0.4 is 5.32 Å². The smallest absolute Gasteiger partial charge is 0.123 e. The first kappa shape index (κ1) is 13.3. The maximum atomic E-state index is 13.5. The lowest BCUT2D eigenvalue weighted by Gasteiger charge is -2.44. The van der Waals surface area contributed by atoms with Gasteiger partial charge < -0.3 is 5.32 Å². The third-order valence-electron chi connectivity index (χ3n) is 4.20. The van der Waals surface area contributed by atoms with E-state index in [0.29, 0.717) is 0 Å². The molecule has 0 bridgehead atoms. The van der Waals surface area contributed by atoms with Gasteiger partial charge in [0.1, 0.15) is 11.6 Å². The molecule has 20 heavy (non-hydrogen) atoms. The van der Waals surface area contributed by atoms with E-state index in [0.717, 1.165) is 36.2 Å². The zero-order valence-electron chi connectivity index (χ0n) is 11.4. The number of hydrogen-bond acceptors (Lipinski definition) is 1. The maximum Gasteiger partial charge on any atom is 0.123 e. The lowest BCUT2D eigenvalue weighted by atomic mass is 9.70. The maximum absolute atomic E-state index is 13.5. The first-order valence-corrected chi connectivity index (χ1v) is 6.81. The molecular weight excluding hydrogens is 256 g/mol. The highest BCUT2D eigenvalue weighted by molar-refractivity contribution is 5.36. The van der Waals surface area contributed by atoms with E-state index in [-0.39, 0.29) is 17.0 Å². The molecule has 0 amide bonds. The van der Waals surface area contributed by atoms with Crippen molar-refractivity contribution in [3.05, 3.63) is 70.8 Å². The Morgan fingerprint density at radius 1 is 1.05 bits per heavy atom. The predicted octanol–water partition coefficient (Wildman–Crippen LogP) is 3.36. The van der Waals surface area contributed by atoms with Crippen molar-refractivity contribution in [2.24, 2.45) is 0 Å². The lowest BCUT2D eigenvalue weighted by molar-refractivity contribution is 0.273. The van der Waals surface area contributed by atoms with Crippen molar-refractivity contribution in [2.75, 3.05) is 13.1 Å². The number of benzene rings is 2. The number of rotatable bonds is 3. The largest absolute Gasteiger partial charge is 0.315 e. The molecule has 0 saturated carbocycles. The van der Waals surface area contributed by atoms with E-state index in [4.69, 9.17) is 0 Å². The van der Waals surface area contributed by atoms with Gasteiger partial charge >= 0.3 is 0 Å². The summed E-state index contributed by atoms with van der Waals surface area (Å²) in [6.45, 7) is 3.58. The Morgan fingerprint density at radius 2 is 1.80 bits per heavy atom. The van der Waals surface area contributed by atoms with E-state index >= 15 is 0 Å². The summed E-state index contributed by atoms with van der Waals surface area (Å²) in [4.78, 5) is 0. The third kappa shape index (κ3) is 2.34. The molecule has 0 spiro atoms. The number of hydrogen-bond donors (Lipinski definition) is 1. The van der Waals surface area contributed by atoms with Crippen LogP contribution in [0.2, 0.25) is 0 Å². The van der Waals surface area contributed by atoms with Crippen LogP contribution in [0, 0.1) is 18.6 Å². The topological polar surface area (TPSA) is 12.0 Å². The van der Waals surface area contributed by atoms with E-state index in [9.17, 15) is 8.78 Å². The van der Waals surface area contributed by atoms with Gasteiger partial charge in [-0.15, -0.1) is 0 Å². The molecule has 1 heterocycles. The molecule has 0 aromatic heterocycles. The molecule has 1 aliphatic heterocycles. The van der Waals surface area contributed by atoms with Crippen molar-refractivity contribution in [1.82, 2.24) is 5.32 Å². The minimum Gasteiger partial charge on any atom is -0.315 e. The van der Waals surface area contributed by atoms with Crippen molar-refractivity contribution in [1.29, 1.82) is 0 Å². The van der Waals surface area contributed by atoms with Gasteiger partial charge in [0.05, 0.1) is 0 Å². The van der Waals surface area contributed by atoms with Crippen molar-refractivity contribution in [3.63, 3.8) is 0 Å². The third-order valence-corrected chi connectivity index (χ3v) is 4.20. The van der Waals surface area contributed by atoms with Crippen LogP contribution in [0.4, 0.5) is 8.78 Å². The van der Waals surface area contributed by atoms with Gasteiger partial charge in [-0.1, -0.05) is 18.2 Å². The van der Waals surface area contributed by atoms with Gasteiger partial charge in [0.15, 0.2) is 0 Å². The fourth-order valence-electron chi connectivity index (χ4n) is 2.87. The number of nitrogens with one attached hydrogen (secondary N) is 1. The minimum atomic E-state index is -0.218. The lowest BCUT2D eigenvalue weighted by Crippen LogP contribution is -2.58. The van der Waals surface area contributed by atoms with Crippen LogP contribution in [0.25, 0.3) is 0 Å². The van der Waals surface area contributed by atoms with E-state index in [2.05, 4.69) is 5.32 Å². The average Bonchev–Trinajstić information content (AvgIpc) is 2.38. The highest BCUT2D eigenvalue weighted by Gasteiger charge is 2.39. The fraction of sp³-hybridized carbons (Fsp3) is 0.294. The summed E-state index contributed by atoms with van der Waals surface area (Å²) in [5.41, 5.74) is 2.94. The second-order valence-corrected chi connectivity index (χ2v) is 5.64. The summed E-state index contributed by atoms with van der Waals surface area (Å²) in [6.07, 6.45) is 0.729. The molecule has 1 saturated heterocycles. The minimum absolute atomic E-state index is 0.124. The first-order valence-electron chi connectivity index (χ1n) is 6.81. The molecule has 1 fully saturated rings. The second kappa shape index (κ2) is 4.98. The van der Waals surface area contributed by atoms with Crippen LogP contribution in [0.1, 0.15) is 16.7 Å². The molecule has 2 aromatic rings. The van der Waals surface area contributed by atoms with E-state index in [1.54, 1.807) is 24.3 Å². The highest BCUT2D eigenvalue weighted by Crippen LogP contribution is 2.33. The van der Waals surface area contributed by atoms with Crippen LogP contribution >= 0.6 is 0 Å². The summed E-state index contributed by atoms with van der Waals surface area (Å²) in [5.74, 6) is -0.433. The summed E-state index contributed by atoms with van der Waals surface area (Å²) in [5, 5.41) is 3.26. The van der Waals surface area contributed by atoms with Gasteiger partial charge in [-0.3, -0.25) is 0 Å². The van der Waals surface area contributed by atoms with E-state index < -0.39 is 0 Å². The molecule has 3 rings (SSSR count). The van der Waals surface area contributed by atoms with Crippen LogP contribution in [0.5, 0.6) is 0 Å². The van der Waals surface area contributed by atoms with Gasteiger partial charge in [0.2, 0.25) is 0 Å². The molecule has 2 aromatic carbocycles. The van der Waals surface area contributed by atoms with E-state index in [1.165, 1.54) is 12.1 Å². The van der Waals surface area contributed by atoms with Crippen molar-refractivity contribution in [2.45, 2.75) is 18.8 Å². The summed E-state index contributed by atoms with van der Waals surface area (Å²) >= 11 is 0. The zero-order chi connectivity index (χ0) is 14.2. The van der Waals surface area contributed by atoms with Gasteiger partial charge in [-0.2, -0.15) is 0 Å². The van der Waals surface area contributed by atoms with Crippen LogP contribution in [-0.2, 0) is 11.8 Å². The van der Waals surface area contributed by atoms with Crippen molar-refractivity contribution >= 4 is 0 Å². The number of aryl methyl sites for hydroxylation is 1. The molecule has 0 unspecified atom stereocenters. The van der Waals surface area contributed by atoms with Gasteiger partial charge in [-0.25, -0.2) is 8.78 Å². The molecule has 104 valence electrons. The molecule has 1 nitrogen and oxygen atoms in total. The SMILES string of the molecule is Cc1ccc(F)cc1CC1(c2cccc(F)c2)CNC1. The monoisotopic (exact) mass is 273 g/mol. The molecule has 1 aliphatic rings. The van der Waals surface area contributed by atoms with Crippen LogP contribution in [0.15, 0.2) is 42.5 Å².